The highest BCUT2D eigenvalue weighted by molar-refractivity contribution is 7.10. The molecule has 1 saturated heterocycles. The lowest BCUT2D eigenvalue weighted by atomic mass is 9.96. The third-order valence-electron chi connectivity index (χ3n) is 4.37. The summed E-state index contributed by atoms with van der Waals surface area (Å²) in [6.07, 6.45) is 0.985. The van der Waals surface area contributed by atoms with Crippen LogP contribution in [0.4, 0.5) is 10.5 Å². The van der Waals surface area contributed by atoms with Crippen LogP contribution in [-0.2, 0) is 9.53 Å². The summed E-state index contributed by atoms with van der Waals surface area (Å²) in [5.41, 5.74) is 1.60. The number of likely N-dealkylation sites (tertiary alicyclic amines) is 1. The highest BCUT2D eigenvalue weighted by Gasteiger charge is 2.27. The third kappa shape index (κ3) is 5.35. The van der Waals surface area contributed by atoms with Crippen LogP contribution in [0, 0.1) is 17.8 Å². The van der Waals surface area contributed by atoms with E-state index in [0.29, 0.717) is 32.5 Å². The number of benzene rings is 1. The van der Waals surface area contributed by atoms with Crippen LogP contribution in [0.2, 0.25) is 0 Å². The molecule has 140 valence electrons. The van der Waals surface area contributed by atoms with Gasteiger partial charge in [0.15, 0.2) is 0 Å². The van der Waals surface area contributed by atoms with Crippen molar-refractivity contribution < 1.29 is 14.3 Å². The number of anilines is 1. The Morgan fingerprint density at radius 2 is 2.04 bits per heavy atom. The third-order valence-corrected chi connectivity index (χ3v) is 5.16. The van der Waals surface area contributed by atoms with Gasteiger partial charge in [0.2, 0.25) is 5.91 Å². The lowest BCUT2D eigenvalue weighted by Gasteiger charge is -2.30. The van der Waals surface area contributed by atoms with Gasteiger partial charge >= 0.3 is 6.09 Å². The first-order chi connectivity index (χ1) is 13.2. The molecule has 1 aliphatic rings. The highest BCUT2D eigenvalue weighted by Crippen LogP contribution is 2.20. The van der Waals surface area contributed by atoms with E-state index in [9.17, 15) is 9.59 Å². The molecule has 0 bridgehead atoms. The topological polar surface area (TPSA) is 58.6 Å². The van der Waals surface area contributed by atoms with Gasteiger partial charge in [-0.1, -0.05) is 24.0 Å². The molecule has 1 aromatic heterocycles. The SMILES string of the molecule is CCOC(=O)N1CCC(C(=O)Nc2cccc(C#Cc3cccs3)c2)CC1. The van der Waals surface area contributed by atoms with E-state index in [1.165, 1.54) is 0 Å². The largest absolute Gasteiger partial charge is 0.450 e. The van der Waals surface area contributed by atoms with Crippen LogP contribution in [0.15, 0.2) is 41.8 Å². The van der Waals surface area contributed by atoms with E-state index in [1.54, 1.807) is 23.2 Å². The number of piperidine rings is 1. The van der Waals surface area contributed by atoms with E-state index in [2.05, 4.69) is 17.2 Å². The molecule has 1 N–H and O–H groups in total. The van der Waals surface area contributed by atoms with Crippen LogP contribution < -0.4 is 5.32 Å². The fourth-order valence-electron chi connectivity index (χ4n) is 2.94. The molecule has 0 aliphatic carbocycles. The lowest BCUT2D eigenvalue weighted by molar-refractivity contribution is -0.121. The van der Waals surface area contributed by atoms with Crippen LogP contribution in [0.1, 0.15) is 30.2 Å². The van der Waals surface area contributed by atoms with E-state index in [-0.39, 0.29) is 17.9 Å². The molecule has 2 aromatic rings. The summed E-state index contributed by atoms with van der Waals surface area (Å²) >= 11 is 1.60. The molecule has 0 spiro atoms. The van der Waals surface area contributed by atoms with Crippen molar-refractivity contribution in [3.63, 3.8) is 0 Å². The summed E-state index contributed by atoms with van der Waals surface area (Å²) < 4.78 is 5.01. The molecule has 1 fully saturated rings. The van der Waals surface area contributed by atoms with Gasteiger partial charge in [0, 0.05) is 30.3 Å². The maximum Gasteiger partial charge on any atom is 0.409 e. The Morgan fingerprint density at radius 1 is 1.22 bits per heavy atom. The molecule has 0 saturated carbocycles. The van der Waals surface area contributed by atoms with Crippen LogP contribution in [0.3, 0.4) is 0 Å². The minimum absolute atomic E-state index is 0.0122. The van der Waals surface area contributed by atoms with Crippen molar-refractivity contribution in [3.8, 4) is 11.8 Å². The predicted molar refractivity (Wildman–Crippen MR) is 107 cm³/mol. The number of carbonyl (C=O) groups is 2. The number of hydrogen-bond acceptors (Lipinski definition) is 4. The number of nitrogens with zero attached hydrogens (tertiary/aromatic N) is 1. The van der Waals surface area contributed by atoms with E-state index >= 15 is 0 Å². The lowest BCUT2D eigenvalue weighted by Crippen LogP contribution is -2.41. The number of thiophene rings is 1. The second kappa shape index (κ2) is 9.24. The van der Waals surface area contributed by atoms with Crippen molar-refractivity contribution >= 4 is 29.0 Å². The first-order valence-electron chi connectivity index (χ1n) is 9.04. The predicted octanol–water partition coefficient (Wildman–Crippen LogP) is 3.95. The molecule has 1 aromatic carbocycles. The second-order valence-corrected chi connectivity index (χ2v) is 7.21. The van der Waals surface area contributed by atoms with Crippen molar-refractivity contribution in [1.82, 2.24) is 4.90 Å². The summed E-state index contributed by atoms with van der Waals surface area (Å²) in [5.74, 6) is 6.13. The summed E-state index contributed by atoms with van der Waals surface area (Å²) in [6, 6.07) is 11.5. The molecule has 0 radical (unpaired) electrons. The zero-order valence-corrected chi connectivity index (χ0v) is 16.1. The fourth-order valence-corrected chi connectivity index (χ4v) is 3.51. The van der Waals surface area contributed by atoms with Crippen molar-refractivity contribution in [3.05, 3.63) is 52.2 Å². The van der Waals surface area contributed by atoms with E-state index in [1.807, 2.05) is 41.8 Å². The van der Waals surface area contributed by atoms with E-state index in [4.69, 9.17) is 4.74 Å². The Kier molecular flexibility index (Phi) is 6.50. The average molecular weight is 382 g/mol. The van der Waals surface area contributed by atoms with Gasteiger partial charge in [0.1, 0.15) is 0 Å². The number of carbonyl (C=O) groups excluding carboxylic acids is 2. The van der Waals surface area contributed by atoms with Gasteiger partial charge in [-0.25, -0.2) is 4.79 Å². The Balaban J connectivity index is 1.55. The molecule has 27 heavy (non-hydrogen) atoms. The van der Waals surface area contributed by atoms with Gasteiger partial charge in [0.05, 0.1) is 11.5 Å². The quantitative estimate of drug-likeness (QED) is 0.818. The molecule has 6 heteroatoms. The van der Waals surface area contributed by atoms with Gasteiger partial charge in [-0.2, -0.15) is 0 Å². The average Bonchev–Trinajstić information content (AvgIpc) is 3.21. The van der Waals surface area contributed by atoms with Crippen molar-refractivity contribution in [2.24, 2.45) is 5.92 Å². The van der Waals surface area contributed by atoms with Gasteiger partial charge in [-0.15, -0.1) is 11.3 Å². The zero-order valence-electron chi connectivity index (χ0n) is 15.2. The first-order valence-corrected chi connectivity index (χ1v) is 9.92. The first kappa shape index (κ1) is 19.0. The molecule has 3 rings (SSSR count). The van der Waals surface area contributed by atoms with Gasteiger partial charge in [-0.05, 0) is 49.4 Å². The monoisotopic (exact) mass is 382 g/mol. The number of ether oxygens (including phenoxy) is 1. The fraction of sp³-hybridized carbons (Fsp3) is 0.333. The van der Waals surface area contributed by atoms with Crippen molar-refractivity contribution in [1.29, 1.82) is 0 Å². The minimum atomic E-state index is -0.298. The second-order valence-electron chi connectivity index (χ2n) is 6.26. The smallest absolute Gasteiger partial charge is 0.409 e. The minimum Gasteiger partial charge on any atom is -0.450 e. The van der Waals surface area contributed by atoms with Gasteiger partial charge in [-0.3, -0.25) is 4.79 Å². The molecular formula is C21H22N2O3S. The summed E-state index contributed by atoms with van der Waals surface area (Å²) in [5, 5.41) is 4.97. The van der Waals surface area contributed by atoms with Crippen LogP contribution in [0.5, 0.6) is 0 Å². The molecule has 2 heterocycles. The molecule has 0 atom stereocenters. The normalized spacial score (nSPS) is 14.2. The molecule has 5 nitrogen and oxygen atoms in total. The van der Waals surface area contributed by atoms with E-state index < -0.39 is 0 Å². The van der Waals surface area contributed by atoms with Crippen molar-refractivity contribution in [2.75, 3.05) is 25.0 Å². The number of rotatable bonds is 3. The standard InChI is InChI=1S/C21H22N2O3S/c1-2-26-21(25)23-12-10-17(11-13-23)20(24)22-18-6-3-5-16(15-18)8-9-19-7-4-14-27-19/h3-7,14-15,17H,2,10-13H2,1H3,(H,22,24). The number of amides is 2. The van der Waals surface area contributed by atoms with Gasteiger partial charge in [0.25, 0.3) is 0 Å². The van der Waals surface area contributed by atoms with Crippen LogP contribution >= 0.6 is 11.3 Å². The van der Waals surface area contributed by atoms with Gasteiger partial charge < -0.3 is 15.0 Å². The zero-order chi connectivity index (χ0) is 19.1. The summed E-state index contributed by atoms with van der Waals surface area (Å²) in [6.45, 7) is 3.24. The maximum absolute atomic E-state index is 12.5. The molecular weight excluding hydrogens is 360 g/mol. The summed E-state index contributed by atoms with van der Waals surface area (Å²) in [7, 11) is 0. The molecule has 0 unspecified atom stereocenters. The Hall–Kier alpha value is -2.78. The van der Waals surface area contributed by atoms with Crippen LogP contribution in [0.25, 0.3) is 0 Å². The van der Waals surface area contributed by atoms with E-state index in [0.717, 1.165) is 16.1 Å². The summed E-state index contributed by atoms with van der Waals surface area (Å²) in [4.78, 5) is 27.0. The number of nitrogens with one attached hydrogen (secondary N) is 1. The number of hydrogen-bond donors (Lipinski definition) is 1. The Morgan fingerprint density at radius 3 is 2.74 bits per heavy atom. The highest BCUT2D eigenvalue weighted by atomic mass is 32.1. The Bertz CT molecular complexity index is 844. The Labute approximate surface area is 163 Å². The molecule has 1 aliphatic heterocycles. The van der Waals surface area contributed by atoms with Crippen LogP contribution in [-0.4, -0.2) is 36.6 Å². The molecule has 2 amide bonds. The maximum atomic E-state index is 12.5. The van der Waals surface area contributed by atoms with Crippen molar-refractivity contribution in [2.45, 2.75) is 19.8 Å².